The van der Waals surface area contributed by atoms with E-state index < -0.39 is 71.5 Å². The third kappa shape index (κ3) is 11.6. The van der Waals surface area contributed by atoms with Crippen LogP contribution in [0.2, 0.25) is 0 Å². The van der Waals surface area contributed by atoms with Crippen molar-refractivity contribution in [2.45, 2.75) is 70.8 Å². The Hall–Kier alpha value is -6.28. The van der Waals surface area contributed by atoms with Crippen molar-refractivity contribution in [2.75, 3.05) is 11.9 Å². The second kappa shape index (κ2) is 19.0. The lowest BCUT2D eigenvalue weighted by Crippen LogP contribution is -2.60. The first-order chi connectivity index (χ1) is 25.7. The largest absolute Gasteiger partial charge is 0.439 e. The Morgan fingerprint density at radius 2 is 1.65 bits per heavy atom. The van der Waals surface area contributed by atoms with E-state index in [9.17, 15) is 33.9 Å². The van der Waals surface area contributed by atoms with Gasteiger partial charge in [0.15, 0.2) is 11.9 Å². The molecule has 0 aliphatic carbocycles. The van der Waals surface area contributed by atoms with Gasteiger partial charge in [-0.25, -0.2) is 4.79 Å². The van der Waals surface area contributed by atoms with Gasteiger partial charge in [-0.05, 0) is 47.6 Å². The van der Waals surface area contributed by atoms with Crippen LogP contribution in [0.1, 0.15) is 50.3 Å². The number of amides is 5. The third-order valence-electron chi connectivity index (χ3n) is 8.07. The first-order valence-electron chi connectivity index (χ1n) is 17.1. The number of nitrogens with zero attached hydrogens (tertiary/aromatic N) is 4. The van der Waals surface area contributed by atoms with Crippen LogP contribution in [0.25, 0.3) is 11.4 Å². The molecule has 288 valence electrons. The molecule has 4 rings (SSSR count). The molecule has 0 aliphatic heterocycles. The number of carbonyl (C=O) groups is 5. The first kappa shape index (κ1) is 40.5. The number of rotatable bonds is 18. The maximum Gasteiger partial charge on any atom is 0.439 e. The number of benzene rings is 2. The molecule has 2 heterocycles. The molecule has 4 aromatic rings. The highest BCUT2D eigenvalue weighted by atomic mass is 16.5. The minimum Gasteiger partial charge on any atom is -0.381 e. The molecule has 0 radical (unpaired) electrons. The predicted molar refractivity (Wildman–Crippen MR) is 192 cm³/mol. The van der Waals surface area contributed by atoms with Crippen LogP contribution >= 0.6 is 0 Å². The van der Waals surface area contributed by atoms with Gasteiger partial charge in [0.05, 0.1) is 6.04 Å². The van der Waals surface area contributed by atoms with Gasteiger partial charge in [0.2, 0.25) is 17.7 Å². The Morgan fingerprint density at radius 1 is 0.907 bits per heavy atom. The zero-order chi connectivity index (χ0) is 39.4. The number of tetrazole rings is 1. The molecule has 5 atom stereocenters. The minimum atomic E-state index is -1.76. The number of nitrogens with one attached hydrogen (secondary N) is 7. The summed E-state index contributed by atoms with van der Waals surface area (Å²) in [5.41, 5.74) is 7.39. The van der Waals surface area contributed by atoms with Gasteiger partial charge in [-0.1, -0.05) is 75.3 Å². The van der Waals surface area contributed by atoms with Gasteiger partial charge in [0.25, 0.3) is 17.6 Å². The van der Waals surface area contributed by atoms with Crippen molar-refractivity contribution >= 4 is 35.2 Å². The Morgan fingerprint density at radius 3 is 2.28 bits per heavy atom. The van der Waals surface area contributed by atoms with Crippen molar-refractivity contribution in [3.8, 4) is 11.4 Å². The Bertz CT molecular complexity index is 1930. The Balaban J connectivity index is 1.46. The van der Waals surface area contributed by atoms with E-state index in [1.165, 1.54) is 6.07 Å². The Kier molecular flexibility index (Phi) is 14.2. The lowest BCUT2D eigenvalue weighted by atomic mass is 9.97. The number of anilines is 1. The minimum absolute atomic E-state index is 0.0511. The number of aromatic amines is 2. The average Bonchev–Trinajstić information content (AvgIpc) is 3.84. The standard InChI is InChI=1S/C34H44N12O8/c1-17(2)13-24(39-31(50)25(18(3)4)40-29(48)22(35)16-36-33(52)28-42-45-46-43-28)30(49)38-23(14-19-9-6-5-7-10-19)26(47)32(51)37-21-12-8-11-20(15-21)27-41-34(53)54-44-27/h5-12,15,17-18,22-26,47H,13-14,16,35H2,1-4H3,(H,36,52)(H,37,51)(H,38,49)(H,39,50)(H,40,48)(H,41,44,53)(H,42,43,45,46)/t22-,23-,24-,25-,26+/m0/s1. The highest BCUT2D eigenvalue weighted by molar-refractivity contribution is 5.96. The number of H-pyrrole nitrogens is 2. The van der Waals surface area contributed by atoms with Crippen LogP contribution in [0.4, 0.5) is 5.69 Å². The molecule has 2 aromatic carbocycles. The van der Waals surface area contributed by atoms with Gasteiger partial charge in [-0.3, -0.25) is 33.5 Å². The summed E-state index contributed by atoms with van der Waals surface area (Å²) in [6, 6.07) is 10.6. The fourth-order valence-electron chi connectivity index (χ4n) is 5.28. The smallest absolute Gasteiger partial charge is 0.381 e. The quantitative estimate of drug-likeness (QED) is 0.0591. The highest BCUT2D eigenvalue weighted by Gasteiger charge is 2.34. The number of aliphatic hydroxyl groups is 1. The van der Waals surface area contributed by atoms with Crippen LogP contribution in [0, 0.1) is 11.8 Å². The first-order valence-corrected chi connectivity index (χ1v) is 17.1. The summed E-state index contributed by atoms with van der Waals surface area (Å²) in [6.07, 6.45) is -1.53. The summed E-state index contributed by atoms with van der Waals surface area (Å²) >= 11 is 0. The van der Waals surface area contributed by atoms with E-state index in [0.29, 0.717) is 11.1 Å². The summed E-state index contributed by atoms with van der Waals surface area (Å²) in [6.45, 7) is 6.79. The van der Waals surface area contributed by atoms with Crippen LogP contribution in [0.5, 0.6) is 0 Å². The monoisotopic (exact) mass is 748 g/mol. The van der Waals surface area contributed by atoms with E-state index >= 15 is 0 Å². The molecule has 20 nitrogen and oxygen atoms in total. The Labute approximate surface area is 308 Å². The maximum absolute atomic E-state index is 13.9. The van der Waals surface area contributed by atoms with Crippen LogP contribution in [0.3, 0.4) is 0 Å². The summed E-state index contributed by atoms with van der Waals surface area (Å²) in [5.74, 6) is -5.02. The highest BCUT2D eigenvalue weighted by Crippen LogP contribution is 2.19. The lowest BCUT2D eigenvalue weighted by Gasteiger charge is -2.29. The molecule has 5 amide bonds. The van der Waals surface area contributed by atoms with Gasteiger partial charge in [-0.15, -0.1) is 10.2 Å². The molecule has 0 bridgehead atoms. The van der Waals surface area contributed by atoms with E-state index in [1.54, 1.807) is 62.4 Å². The fourth-order valence-corrected chi connectivity index (χ4v) is 5.28. The number of nitrogens with two attached hydrogens (primary N) is 1. The molecule has 2 aromatic heterocycles. The van der Waals surface area contributed by atoms with Crippen molar-refractivity contribution in [2.24, 2.45) is 17.6 Å². The molecule has 0 unspecified atom stereocenters. The van der Waals surface area contributed by atoms with Crippen molar-refractivity contribution in [1.29, 1.82) is 0 Å². The molecule has 0 aliphatic rings. The summed E-state index contributed by atoms with van der Waals surface area (Å²) in [7, 11) is 0. The third-order valence-corrected chi connectivity index (χ3v) is 8.07. The number of hydrogen-bond donors (Lipinski definition) is 9. The summed E-state index contributed by atoms with van der Waals surface area (Å²) < 4.78 is 4.55. The van der Waals surface area contributed by atoms with Gasteiger partial charge in [0, 0.05) is 17.8 Å². The van der Waals surface area contributed by atoms with E-state index in [0.717, 1.165) is 0 Å². The number of aliphatic hydroxyl groups excluding tert-OH is 1. The normalized spacial score (nSPS) is 14.0. The predicted octanol–water partition coefficient (Wildman–Crippen LogP) is -1.00. The van der Waals surface area contributed by atoms with Gasteiger partial charge >= 0.3 is 5.76 Å². The molecule has 10 N–H and O–H groups in total. The molecular weight excluding hydrogens is 704 g/mol. The zero-order valence-corrected chi connectivity index (χ0v) is 30.0. The molecule has 54 heavy (non-hydrogen) atoms. The van der Waals surface area contributed by atoms with Gasteiger partial charge in [-0.2, -0.15) is 5.21 Å². The maximum atomic E-state index is 13.9. The fraction of sp³-hybridized carbons (Fsp3) is 0.412. The van der Waals surface area contributed by atoms with Crippen LogP contribution in [-0.2, 0) is 25.6 Å². The number of aromatic nitrogens is 6. The van der Waals surface area contributed by atoms with Crippen LogP contribution in [0.15, 0.2) is 63.9 Å². The molecular formula is C34H44N12O8. The van der Waals surface area contributed by atoms with Crippen molar-refractivity contribution < 1.29 is 33.6 Å². The zero-order valence-electron chi connectivity index (χ0n) is 30.0. The SMILES string of the molecule is CC(C)C[C@H](NC(=O)[C@@H](NC(=O)[C@@H](N)CNC(=O)c1nn[nH]n1)C(C)C)C(=O)N[C@@H](Cc1ccccc1)[C@@H](O)C(=O)Nc1cccc(-c2noc(=O)[nH]2)c1. The second-order valence-electron chi connectivity index (χ2n) is 13.2. The van der Waals surface area contributed by atoms with Gasteiger partial charge in [0.1, 0.15) is 18.1 Å². The molecule has 0 saturated carbocycles. The van der Waals surface area contributed by atoms with Crippen molar-refractivity contribution in [1.82, 2.24) is 52.0 Å². The number of carbonyl (C=O) groups excluding carboxylic acids is 5. The molecule has 0 saturated heterocycles. The summed E-state index contributed by atoms with van der Waals surface area (Å²) in [5, 5.41) is 40.6. The van der Waals surface area contributed by atoms with E-state index in [4.69, 9.17) is 5.73 Å². The average molecular weight is 749 g/mol. The molecule has 0 fully saturated rings. The van der Waals surface area contributed by atoms with E-state index in [-0.39, 0.29) is 42.6 Å². The molecule has 0 spiro atoms. The van der Waals surface area contributed by atoms with Crippen molar-refractivity contribution in [3.05, 3.63) is 76.5 Å². The van der Waals surface area contributed by atoms with E-state index in [2.05, 4.69) is 61.9 Å². The molecule has 20 heteroatoms. The topological polar surface area (TPSA) is 305 Å². The van der Waals surface area contributed by atoms with Crippen molar-refractivity contribution in [3.63, 3.8) is 0 Å². The van der Waals surface area contributed by atoms with Gasteiger partial charge < -0.3 is 37.4 Å². The lowest BCUT2D eigenvalue weighted by molar-refractivity contribution is -0.134. The van der Waals surface area contributed by atoms with Crippen LogP contribution < -0.4 is 38.1 Å². The van der Waals surface area contributed by atoms with E-state index in [1.807, 2.05) is 13.8 Å². The summed E-state index contributed by atoms with van der Waals surface area (Å²) in [4.78, 5) is 79.8. The second-order valence-corrected chi connectivity index (χ2v) is 13.2. The number of hydrogen-bond acceptors (Lipinski definition) is 13. The van der Waals surface area contributed by atoms with Crippen LogP contribution in [-0.4, -0.2) is 102 Å².